The van der Waals surface area contributed by atoms with Gasteiger partial charge >= 0.3 is 0 Å². The monoisotopic (exact) mass is 455 g/mol. The van der Waals surface area contributed by atoms with Crippen molar-refractivity contribution in [1.82, 2.24) is 4.90 Å². The number of ether oxygens (including phenoxy) is 2. The van der Waals surface area contributed by atoms with Gasteiger partial charge in [-0.25, -0.2) is 0 Å². The van der Waals surface area contributed by atoms with Gasteiger partial charge in [0.1, 0.15) is 0 Å². The maximum atomic E-state index is 12.8. The van der Waals surface area contributed by atoms with E-state index in [1.54, 1.807) is 6.92 Å². The first kappa shape index (κ1) is 24.7. The van der Waals surface area contributed by atoms with E-state index in [9.17, 15) is 19.5 Å². The zero-order valence-corrected chi connectivity index (χ0v) is 19.7. The van der Waals surface area contributed by atoms with E-state index in [4.69, 9.17) is 9.47 Å². The Labute approximate surface area is 195 Å². The topological polar surface area (TPSA) is 93.1 Å². The van der Waals surface area contributed by atoms with Gasteiger partial charge in [-0.15, -0.1) is 0 Å². The third-order valence-electron chi connectivity index (χ3n) is 6.54. The van der Waals surface area contributed by atoms with Crippen LogP contribution in [0.3, 0.4) is 0 Å². The molecule has 7 heteroatoms. The predicted octanol–water partition coefficient (Wildman–Crippen LogP) is 2.90. The molecule has 0 aromatic heterocycles. The van der Waals surface area contributed by atoms with Crippen molar-refractivity contribution in [2.45, 2.75) is 57.9 Å². The van der Waals surface area contributed by atoms with Gasteiger partial charge in [0.05, 0.1) is 14.2 Å². The fraction of sp³-hybridized carbons (Fsp3) is 0.500. The van der Waals surface area contributed by atoms with Gasteiger partial charge < -0.3 is 19.5 Å². The average Bonchev–Trinajstić information content (AvgIpc) is 2.83. The molecule has 0 radical (unpaired) electrons. The van der Waals surface area contributed by atoms with Crippen molar-refractivity contribution < 1.29 is 29.0 Å². The molecule has 1 heterocycles. The number of allylic oxidation sites excluding steroid dienone is 2. The van der Waals surface area contributed by atoms with Gasteiger partial charge in [-0.2, -0.15) is 0 Å². The van der Waals surface area contributed by atoms with Crippen LogP contribution in [0.4, 0.5) is 0 Å². The lowest BCUT2D eigenvalue weighted by Gasteiger charge is -2.35. The van der Waals surface area contributed by atoms with Crippen molar-refractivity contribution >= 4 is 17.5 Å². The number of hydrogen-bond acceptors (Lipinski definition) is 6. The molecule has 33 heavy (non-hydrogen) atoms. The number of ketones is 2. The molecule has 1 aromatic carbocycles. The number of aliphatic hydroxyl groups is 1. The number of Topliss-reactive ketones (excluding diaryl/α,β-unsaturated/α-hetero) is 2. The lowest BCUT2D eigenvalue weighted by atomic mass is 9.88. The maximum Gasteiger partial charge on any atom is 0.228 e. The van der Waals surface area contributed by atoms with E-state index in [1.165, 1.54) is 14.2 Å². The van der Waals surface area contributed by atoms with Crippen LogP contribution in [0.25, 0.3) is 0 Å². The molecule has 1 fully saturated rings. The zero-order chi connectivity index (χ0) is 24.0. The standard InChI is InChI=1S/C26H33NO6/c1-17-21(24(31)26(33-3)25(32-2)23(17)30)16-19-9-7-18(8-10-19)11-12-22(29)27-14-5-4-6-20(27)13-15-28/h7-10,20,28H,4-6,11-16H2,1-3H3. The Morgan fingerprint density at radius 3 is 2.30 bits per heavy atom. The molecule has 1 N–H and O–H groups in total. The number of nitrogens with zero attached hydrogens (tertiary/aromatic N) is 1. The van der Waals surface area contributed by atoms with E-state index in [2.05, 4.69) is 0 Å². The zero-order valence-electron chi connectivity index (χ0n) is 19.7. The molecule has 1 amide bonds. The number of methoxy groups -OCH3 is 2. The first-order valence-corrected chi connectivity index (χ1v) is 11.5. The molecule has 1 aromatic rings. The quantitative estimate of drug-likeness (QED) is 0.576. The Morgan fingerprint density at radius 2 is 1.67 bits per heavy atom. The highest BCUT2D eigenvalue weighted by molar-refractivity contribution is 6.23. The molecule has 0 spiro atoms. The van der Waals surface area contributed by atoms with Crippen LogP contribution in [0.2, 0.25) is 0 Å². The highest BCUT2D eigenvalue weighted by Crippen LogP contribution is 2.28. The number of likely N-dealkylation sites (tertiary alicyclic amines) is 1. The molecule has 1 aliphatic carbocycles. The van der Waals surface area contributed by atoms with Crippen LogP contribution < -0.4 is 0 Å². The summed E-state index contributed by atoms with van der Waals surface area (Å²) in [5.74, 6) is -0.650. The SMILES string of the molecule is COC1=C(OC)C(=O)C(Cc2ccc(CCC(=O)N3CCCCC3CCO)cc2)=C(C)C1=O. The van der Waals surface area contributed by atoms with E-state index in [-0.39, 0.29) is 41.6 Å². The summed E-state index contributed by atoms with van der Waals surface area (Å²) < 4.78 is 10.2. The first-order valence-electron chi connectivity index (χ1n) is 11.5. The molecular formula is C26H33NO6. The lowest BCUT2D eigenvalue weighted by molar-refractivity contribution is -0.135. The number of rotatable bonds is 9. The van der Waals surface area contributed by atoms with E-state index in [0.29, 0.717) is 36.8 Å². The van der Waals surface area contributed by atoms with Crippen molar-refractivity contribution in [2.75, 3.05) is 27.4 Å². The van der Waals surface area contributed by atoms with Gasteiger partial charge in [0.15, 0.2) is 0 Å². The summed E-state index contributed by atoms with van der Waals surface area (Å²) in [5, 5.41) is 9.27. The molecule has 0 saturated carbocycles. The average molecular weight is 456 g/mol. The van der Waals surface area contributed by atoms with Gasteiger partial charge in [0.25, 0.3) is 0 Å². The highest BCUT2D eigenvalue weighted by atomic mass is 16.5. The number of aryl methyl sites for hydroxylation is 1. The van der Waals surface area contributed by atoms with Gasteiger partial charge in [-0.3, -0.25) is 14.4 Å². The maximum absolute atomic E-state index is 12.8. The molecule has 1 saturated heterocycles. The van der Waals surface area contributed by atoms with Crippen LogP contribution >= 0.6 is 0 Å². The van der Waals surface area contributed by atoms with E-state index < -0.39 is 0 Å². The minimum Gasteiger partial charge on any atom is -0.489 e. The summed E-state index contributed by atoms with van der Waals surface area (Å²) in [7, 11) is 2.70. The minimum atomic E-state index is -0.337. The normalized spacial score (nSPS) is 19.3. The number of aliphatic hydroxyl groups excluding tert-OH is 1. The number of hydrogen-bond donors (Lipinski definition) is 1. The molecule has 1 aliphatic heterocycles. The summed E-state index contributed by atoms with van der Waals surface area (Å²) in [6.07, 6.45) is 5.11. The van der Waals surface area contributed by atoms with Crippen LogP contribution in [0.1, 0.15) is 50.2 Å². The summed E-state index contributed by atoms with van der Waals surface area (Å²) in [5.41, 5.74) is 2.71. The van der Waals surface area contributed by atoms with Crippen molar-refractivity contribution in [2.24, 2.45) is 0 Å². The summed E-state index contributed by atoms with van der Waals surface area (Å²) in [6, 6.07) is 7.92. The second kappa shape index (κ2) is 11.3. The van der Waals surface area contributed by atoms with Gasteiger partial charge in [-0.1, -0.05) is 24.3 Å². The van der Waals surface area contributed by atoms with E-state index >= 15 is 0 Å². The first-order chi connectivity index (χ1) is 15.9. The molecule has 2 aliphatic rings. The third-order valence-corrected chi connectivity index (χ3v) is 6.54. The number of piperidine rings is 1. The molecule has 1 unspecified atom stereocenters. The largest absolute Gasteiger partial charge is 0.489 e. The molecular weight excluding hydrogens is 422 g/mol. The van der Waals surface area contributed by atoms with Crippen LogP contribution in [-0.4, -0.2) is 60.9 Å². The number of carbonyl (C=O) groups excluding carboxylic acids is 3. The molecule has 178 valence electrons. The molecule has 1 atom stereocenters. The molecule has 3 rings (SSSR count). The number of amides is 1. The number of benzene rings is 1. The fourth-order valence-electron chi connectivity index (χ4n) is 4.61. The van der Waals surface area contributed by atoms with Crippen LogP contribution in [0.15, 0.2) is 46.9 Å². The van der Waals surface area contributed by atoms with Crippen LogP contribution in [0.5, 0.6) is 0 Å². The Kier molecular flexibility index (Phi) is 8.44. The van der Waals surface area contributed by atoms with Gasteiger partial charge in [0.2, 0.25) is 29.0 Å². The lowest BCUT2D eigenvalue weighted by Crippen LogP contribution is -2.44. The molecule has 0 bridgehead atoms. The Bertz CT molecular complexity index is 957. The molecule has 7 nitrogen and oxygen atoms in total. The van der Waals surface area contributed by atoms with Gasteiger partial charge in [0, 0.05) is 43.2 Å². The minimum absolute atomic E-state index is 0.0568. The van der Waals surface area contributed by atoms with Crippen molar-refractivity contribution in [3.8, 4) is 0 Å². The smallest absolute Gasteiger partial charge is 0.228 e. The van der Waals surface area contributed by atoms with Crippen LogP contribution in [0, 0.1) is 0 Å². The van der Waals surface area contributed by atoms with E-state index in [0.717, 1.165) is 36.9 Å². The highest BCUT2D eigenvalue weighted by Gasteiger charge is 2.34. The second-order valence-electron chi connectivity index (χ2n) is 8.57. The second-order valence-corrected chi connectivity index (χ2v) is 8.57. The predicted molar refractivity (Wildman–Crippen MR) is 123 cm³/mol. The summed E-state index contributed by atoms with van der Waals surface area (Å²) in [4.78, 5) is 40.0. The van der Waals surface area contributed by atoms with Crippen molar-refractivity contribution in [3.63, 3.8) is 0 Å². The third kappa shape index (κ3) is 5.53. The Balaban J connectivity index is 1.63. The fourth-order valence-corrected chi connectivity index (χ4v) is 4.61. The Hall–Kier alpha value is -2.93. The van der Waals surface area contributed by atoms with Crippen molar-refractivity contribution in [3.05, 3.63) is 58.1 Å². The van der Waals surface area contributed by atoms with Crippen molar-refractivity contribution in [1.29, 1.82) is 0 Å². The van der Waals surface area contributed by atoms with E-state index in [1.807, 2.05) is 29.2 Å². The summed E-state index contributed by atoms with van der Waals surface area (Å²) >= 11 is 0. The summed E-state index contributed by atoms with van der Waals surface area (Å²) in [6.45, 7) is 2.51. The van der Waals surface area contributed by atoms with Crippen LogP contribution in [-0.2, 0) is 36.7 Å². The van der Waals surface area contributed by atoms with Gasteiger partial charge in [-0.05, 0) is 50.2 Å². The Morgan fingerprint density at radius 1 is 1.03 bits per heavy atom. The number of carbonyl (C=O) groups is 3.